The topological polar surface area (TPSA) is 52.6 Å². The first-order valence-electron chi connectivity index (χ1n) is 6.59. The van der Waals surface area contributed by atoms with Gasteiger partial charge in [-0.15, -0.1) is 0 Å². The molecule has 0 atom stereocenters. The third-order valence-electron chi connectivity index (χ3n) is 2.99. The largest absolute Gasteiger partial charge is 0.508 e. The predicted octanol–water partition coefficient (Wildman–Crippen LogP) is 3.13. The van der Waals surface area contributed by atoms with E-state index in [1.54, 1.807) is 29.2 Å². The van der Waals surface area contributed by atoms with Crippen molar-refractivity contribution in [1.82, 2.24) is 5.32 Å². The van der Waals surface area contributed by atoms with Gasteiger partial charge >= 0.3 is 6.03 Å². The smallest absolute Gasteiger partial charge is 0.322 e. The molecule has 0 bridgehead atoms. The van der Waals surface area contributed by atoms with Gasteiger partial charge in [0.05, 0.1) is 0 Å². The molecule has 4 nitrogen and oxygen atoms in total. The van der Waals surface area contributed by atoms with Crippen molar-refractivity contribution in [3.63, 3.8) is 0 Å². The molecule has 0 saturated carbocycles. The van der Waals surface area contributed by atoms with E-state index in [0.29, 0.717) is 18.8 Å². The van der Waals surface area contributed by atoms with Gasteiger partial charge in [0.15, 0.2) is 0 Å². The zero-order valence-corrected chi connectivity index (χ0v) is 11.4. The summed E-state index contributed by atoms with van der Waals surface area (Å²) in [6.07, 6.45) is 0. The van der Waals surface area contributed by atoms with Crippen LogP contribution in [0.5, 0.6) is 5.75 Å². The first-order chi connectivity index (χ1) is 9.70. The normalized spacial score (nSPS) is 10.1. The lowest BCUT2D eigenvalue weighted by Crippen LogP contribution is -2.39. The van der Waals surface area contributed by atoms with Crippen LogP contribution in [0, 0.1) is 0 Å². The predicted molar refractivity (Wildman–Crippen MR) is 79.8 cm³/mol. The highest BCUT2D eigenvalue weighted by atomic mass is 16.3. The number of hydrogen-bond donors (Lipinski definition) is 2. The summed E-state index contributed by atoms with van der Waals surface area (Å²) in [5.41, 5.74) is 1.73. The maximum atomic E-state index is 12.2. The van der Waals surface area contributed by atoms with Crippen molar-refractivity contribution in [2.75, 3.05) is 11.4 Å². The Morgan fingerprint density at radius 1 is 1.15 bits per heavy atom. The van der Waals surface area contributed by atoms with Gasteiger partial charge in [-0.3, -0.25) is 4.90 Å². The second-order valence-electron chi connectivity index (χ2n) is 4.41. The van der Waals surface area contributed by atoms with Crippen molar-refractivity contribution in [3.8, 4) is 5.75 Å². The van der Waals surface area contributed by atoms with E-state index in [2.05, 4.69) is 5.32 Å². The number of aromatic hydroxyl groups is 1. The zero-order valence-electron chi connectivity index (χ0n) is 11.4. The second-order valence-corrected chi connectivity index (χ2v) is 4.41. The quantitative estimate of drug-likeness (QED) is 0.896. The van der Waals surface area contributed by atoms with Crippen molar-refractivity contribution in [2.24, 2.45) is 0 Å². The molecule has 104 valence electrons. The molecule has 0 saturated heterocycles. The SMILES string of the molecule is CCN(C(=O)NCc1ccccc1)c1cccc(O)c1. The third-order valence-corrected chi connectivity index (χ3v) is 2.99. The second kappa shape index (κ2) is 6.61. The number of nitrogens with zero attached hydrogens (tertiary/aromatic N) is 1. The lowest BCUT2D eigenvalue weighted by atomic mass is 10.2. The van der Waals surface area contributed by atoms with E-state index < -0.39 is 0 Å². The van der Waals surface area contributed by atoms with Crippen LogP contribution in [0.15, 0.2) is 54.6 Å². The Hall–Kier alpha value is -2.49. The average Bonchev–Trinajstić information content (AvgIpc) is 2.47. The molecular formula is C16H18N2O2. The van der Waals surface area contributed by atoms with E-state index in [1.165, 1.54) is 0 Å². The van der Waals surface area contributed by atoms with Crippen LogP contribution in [-0.2, 0) is 6.54 Å². The average molecular weight is 270 g/mol. The molecule has 2 N–H and O–H groups in total. The summed E-state index contributed by atoms with van der Waals surface area (Å²) >= 11 is 0. The molecule has 0 aliphatic carbocycles. The van der Waals surface area contributed by atoms with Gasteiger partial charge in [0, 0.05) is 24.8 Å². The Bertz CT molecular complexity index is 570. The summed E-state index contributed by atoms with van der Waals surface area (Å²) in [5.74, 6) is 0.150. The maximum absolute atomic E-state index is 12.2. The number of urea groups is 1. The summed E-state index contributed by atoms with van der Waals surface area (Å²) in [7, 11) is 0. The summed E-state index contributed by atoms with van der Waals surface area (Å²) in [6, 6.07) is 16.2. The fourth-order valence-corrected chi connectivity index (χ4v) is 1.97. The van der Waals surface area contributed by atoms with E-state index in [0.717, 1.165) is 5.56 Å². The number of benzene rings is 2. The zero-order chi connectivity index (χ0) is 14.4. The van der Waals surface area contributed by atoms with Crippen LogP contribution in [0.3, 0.4) is 0 Å². The van der Waals surface area contributed by atoms with E-state index in [4.69, 9.17) is 0 Å². The van der Waals surface area contributed by atoms with Gasteiger partial charge < -0.3 is 10.4 Å². The minimum absolute atomic E-state index is 0.150. The van der Waals surface area contributed by atoms with Crippen molar-refractivity contribution in [1.29, 1.82) is 0 Å². The summed E-state index contributed by atoms with van der Waals surface area (Å²) in [5, 5.41) is 12.4. The van der Waals surface area contributed by atoms with E-state index in [1.807, 2.05) is 37.3 Å². The Labute approximate surface area is 118 Å². The molecule has 0 heterocycles. The van der Waals surface area contributed by atoms with Crippen molar-refractivity contribution >= 4 is 11.7 Å². The van der Waals surface area contributed by atoms with Crippen LogP contribution in [0.2, 0.25) is 0 Å². The van der Waals surface area contributed by atoms with Gasteiger partial charge in [-0.1, -0.05) is 36.4 Å². The Balaban J connectivity index is 2.02. The first kappa shape index (κ1) is 13.9. The van der Waals surface area contributed by atoms with Crippen molar-refractivity contribution in [2.45, 2.75) is 13.5 Å². The molecule has 0 aliphatic heterocycles. The van der Waals surface area contributed by atoms with Crippen LogP contribution in [0.25, 0.3) is 0 Å². The fraction of sp³-hybridized carbons (Fsp3) is 0.188. The number of rotatable bonds is 4. The molecule has 2 rings (SSSR count). The summed E-state index contributed by atoms with van der Waals surface area (Å²) in [4.78, 5) is 13.8. The highest BCUT2D eigenvalue weighted by Gasteiger charge is 2.13. The van der Waals surface area contributed by atoms with Gasteiger partial charge in [-0.25, -0.2) is 4.79 Å². The highest BCUT2D eigenvalue weighted by Crippen LogP contribution is 2.19. The number of carbonyl (C=O) groups is 1. The number of hydrogen-bond acceptors (Lipinski definition) is 2. The molecule has 0 unspecified atom stereocenters. The van der Waals surface area contributed by atoms with Crippen LogP contribution in [-0.4, -0.2) is 17.7 Å². The first-order valence-corrected chi connectivity index (χ1v) is 6.59. The van der Waals surface area contributed by atoms with E-state index in [9.17, 15) is 9.90 Å². The minimum Gasteiger partial charge on any atom is -0.508 e. The molecule has 0 aliphatic rings. The molecule has 20 heavy (non-hydrogen) atoms. The maximum Gasteiger partial charge on any atom is 0.322 e. The number of amides is 2. The van der Waals surface area contributed by atoms with Crippen molar-refractivity contribution < 1.29 is 9.90 Å². The number of carbonyl (C=O) groups excluding carboxylic acids is 1. The molecule has 4 heteroatoms. The van der Waals surface area contributed by atoms with Crippen LogP contribution in [0.4, 0.5) is 10.5 Å². The molecule has 0 fully saturated rings. The van der Waals surface area contributed by atoms with Gasteiger partial charge in [0.25, 0.3) is 0 Å². The van der Waals surface area contributed by atoms with Crippen LogP contribution < -0.4 is 10.2 Å². The standard InChI is InChI=1S/C16H18N2O2/c1-2-18(14-9-6-10-15(19)11-14)16(20)17-12-13-7-4-3-5-8-13/h3-11,19H,2,12H2,1H3,(H,17,20). The molecule has 2 amide bonds. The third kappa shape index (κ3) is 3.51. The summed E-state index contributed by atoms with van der Waals surface area (Å²) < 4.78 is 0. The van der Waals surface area contributed by atoms with Crippen molar-refractivity contribution in [3.05, 3.63) is 60.2 Å². The monoisotopic (exact) mass is 270 g/mol. The number of phenolic OH excluding ortho intramolecular Hbond substituents is 1. The number of phenols is 1. The molecule has 2 aromatic rings. The molecule has 2 aromatic carbocycles. The highest BCUT2D eigenvalue weighted by molar-refractivity contribution is 5.92. The van der Waals surface area contributed by atoms with Crippen LogP contribution >= 0.6 is 0 Å². The van der Waals surface area contributed by atoms with Gasteiger partial charge in [0.1, 0.15) is 5.75 Å². The summed E-state index contributed by atoms with van der Waals surface area (Å²) in [6.45, 7) is 2.91. The van der Waals surface area contributed by atoms with Gasteiger partial charge in [0.2, 0.25) is 0 Å². The molecular weight excluding hydrogens is 252 g/mol. The lowest BCUT2D eigenvalue weighted by molar-refractivity contribution is 0.246. The molecule has 0 radical (unpaired) electrons. The Morgan fingerprint density at radius 3 is 2.55 bits per heavy atom. The van der Waals surface area contributed by atoms with Gasteiger partial charge in [-0.05, 0) is 24.6 Å². The Kier molecular flexibility index (Phi) is 4.60. The molecule has 0 spiro atoms. The fourth-order valence-electron chi connectivity index (χ4n) is 1.97. The number of anilines is 1. The van der Waals surface area contributed by atoms with Gasteiger partial charge in [-0.2, -0.15) is 0 Å². The number of nitrogens with one attached hydrogen (secondary N) is 1. The van der Waals surface area contributed by atoms with Crippen LogP contribution in [0.1, 0.15) is 12.5 Å². The van der Waals surface area contributed by atoms with E-state index >= 15 is 0 Å². The Morgan fingerprint density at radius 2 is 1.90 bits per heavy atom. The minimum atomic E-state index is -0.179. The lowest BCUT2D eigenvalue weighted by Gasteiger charge is -2.21. The molecule has 0 aromatic heterocycles. The van der Waals surface area contributed by atoms with E-state index in [-0.39, 0.29) is 11.8 Å².